The second-order valence-electron chi connectivity index (χ2n) is 5.31. The van der Waals surface area contributed by atoms with E-state index in [-0.39, 0.29) is 0 Å². The summed E-state index contributed by atoms with van der Waals surface area (Å²) in [6.45, 7) is 0. The lowest BCUT2D eigenvalue weighted by Crippen LogP contribution is -1.83. The van der Waals surface area contributed by atoms with Gasteiger partial charge in [0.05, 0.1) is 0 Å². The Bertz CT molecular complexity index is 1010. The average Bonchev–Trinajstić information content (AvgIpc) is 3.05. The van der Waals surface area contributed by atoms with Gasteiger partial charge in [-0.15, -0.1) is 11.3 Å². The molecule has 4 aromatic rings. The molecular weight excluding hydrogens is 296 g/mol. The summed E-state index contributed by atoms with van der Waals surface area (Å²) in [6, 6.07) is 27.0. The summed E-state index contributed by atoms with van der Waals surface area (Å²) in [5.41, 5.74) is 4.58. The van der Waals surface area contributed by atoms with Gasteiger partial charge in [-0.2, -0.15) is 0 Å². The summed E-state index contributed by atoms with van der Waals surface area (Å²) in [7, 11) is 0. The fourth-order valence-electron chi connectivity index (χ4n) is 2.67. The van der Waals surface area contributed by atoms with E-state index in [9.17, 15) is 0 Å². The molecule has 0 radical (unpaired) electrons. The van der Waals surface area contributed by atoms with Crippen LogP contribution < -0.4 is 0 Å². The number of hydrogen-bond acceptors (Lipinski definition) is 1. The monoisotopic (exact) mass is 310 g/mol. The Hall–Kier alpha value is -2.82. The summed E-state index contributed by atoms with van der Waals surface area (Å²) in [4.78, 5) is 0. The Balaban J connectivity index is 1.84. The molecule has 0 atom stereocenters. The minimum atomic E-state index is 1.04. The van der Waals surface area contributed by atoms with E-state index in [0.717, 1.165) is 11.1 Å². The molecule has 0 aliphatic rings. The summed E-state index contributed by atoms with van der Waals surface area (Å²) in [5, 5.41) is 3.53. The molecule has 0 aliphatic carbocycles. The Kier molecular flexibility index (Phi) is 3.68. The minimum absolute atomic E-state index is 1.04. The van der Waals surface area contributed by atoms with Gasteiger partial charge in [0, 0.05) is 26.8 Å². The topological polar surface area (TPSA) is 0 Å². The van der Waals surface area contributed by atoms with Crippen LogP contribution in [0, 0.1) is 11.8 Å². The normalized spacial score (nSPS) is 10.3. The Morgan fingerprint density at radius 3 is 2.26 bits per heavy atom. The van der Waals surface area contributed by atoms with Gasteiger partial charge in [-0.25, -0.2) is 0 Å². The Labute approximate surface area is 140 Å². The van der Waals surface area contributed by atoms with Gasteiger partial charge in [0.2, 0.25) is 0 Å². The van der Waals surface area contributed by atoms with E-state index in [1.807, 2.05) is 36.4 Å². The van der Waals surface area contributed by atoms with Crippen LogP contribution in [-0.2, 0) is 0 Å². The lowest BCUT2D eigenvalue weighted by Gasteiger charge is -2.03. The van der Waals surface area contributed by atoms with E-state index >= 15 is 0 Å². The molecule has 0 saturated carbocycles. The molecule has 1 aromatic heterocycles. The molecule has 3 aromatic carbocycles. The lowest BCUT2D eigenvalue weighted by atomic mass is 9.99. The zero-order valence-corrected chi connectivity index (χ0v) is 13.3. The summed E-state index contributed by atoms with van der Waals surface area (Å²) in [6.07, 6.45) is 0. The second kappa shape index (κ2) is 6.12. The quantitative estimate of drug-likeness (QED) is 0.380. The predicted octanol–water partition coefficient (Wildman–Crippen LogP) is 5.97. The molecule has 0 saturated heterocycles. The maximum atomic E-state index is 3.34. The molecule has 1 heterocycles. The van der Waals surface area contributed by atoms with E-state index in [1.54, 1.807) is 11.3 Å². The molecule has 0 bridgehead atoms. The fourth-order valence-corrected chi connectivity index (χ4v) is 3.64. The minimum Gasteiger partial charge on any atom is -0.143 e. The summed E-state index contributed by atoms with van der Waals surface area (Å²) in [5.74, 6) is 6.60. The van der Waals surface area contributed by atoms with Crippen LogP contribution in [0.2, 0.25) is 0 Å². The first kappa shape index (κ1) is 13.8. The van der Waals surface area contributed by atoms with Gasteiger partial charge in [0.15, 0.2) is 0 Å². The van der Waals surface area contributed by atoms with Crippen LogP contribution in [0.25, 0.3) is 21.2 Å². The zero-order chi connectivity index (χ0) is 15.5. The van der Waals surface area contributed by atoms with Crippen LogP contribution >= 0.6 is 11.3 Å². The molecule has 23 heavy (non-hydrogen) atoms. The van der Waals surface area contributed by atoms with Crippen LogP contribution in [0.1, 0.15) is 11.1 Å². The fraction of sp³-hybridized carbons (Fsp3) is 0. The highest BCUT2D eigenvalue weighted by Gasteiger charge is 2.08. The van der Waals surface area contributed by atoms with Crippen molar-refractivity contribution in [2.75, 3.05) is 0 Å². The van der Waals surface area contributed by atoms with Crippen molar-refractivity contribution >= 4 is 21.4 Å². The molecule has 0 N–H and O–H groups in total. The van der Waals surface area contributed by atoms with Crippen molar-refractivity contribution in [3.05, 3.63) is 95.4 Å². The summed E-state index contributed by atoms with van der Waals surface area (Å²) >= 11 is 1.78. The van der Waals surface area contributed by atoms with E-state index < -0.39 is 0 Å². The highest BCUT2D eigenvalue weighted by molar-refractivity contribution is 7.17. The number of hydrogen-bond donors (Lipinski definition) is 0. The largest absolute Gasteiger partial charge is 0.143 e. The first-order valence-corrected chi connectivity index (χ1v) is 8.42. The van der Waals surface area contributed by atoms with Crippen LogP contribution in [0.5, 0.6) is 0 Å². The second-order valence-corrected chi connectivity index (χ2v) is 6.22. The first-order chi connectivity index (χ1) is 11.4. The third-order valence-electron chi connectivity index (χ3n) is 3.81. The van der Waals surface area contributed by atoms with Gasteiger partial charge >= 0.3 is 0 Å². The SMILES string of the molecule is C(#Cc1ccccc1-c1csc2ccccc12)c1ccccc1. The van der Waals surface area contributed by atoms with E-state index in [4.69, 9.17) is 0 Å². The Morgan fingerprint density at radius 2 is 1.35 bits per heavy atom. The standard InChI is InChI=1S/C22H14S/c1-2-8-17(9-3-1)14-15-18-10-4-5-11-19(18)21-16-23-22-13-7-6-12-20(21)22/h1-13,16H. The number of thiophene rings is 1. The van der Waals surface area contributed by atoms with E-state index in [1.165, 1.54) is 21.2 Å². The van der Waals surface area contributed by atoms with Crippen molar-refractivity contribution in [2.24, 2.45) is 0 Å². The molecular formula is C22H14S. The highest BCUT2D eigenvalue weighted by atomic mass is 32.1. The summed E-state index contributed by atoms with van der Waals surface area (Å²) < 4.78 is 1.31. The molecule has 1 heteroatoms. The maximum Gasteiger partial charge on any atom is 0.0349 e. The van der Waals surface area contributed by atoms with Crippen molar-refractivity contribution in [1.82, 2.24) is 0 Å². The molecule has 0 nitrogen and oxygen atoms in total. The molecule has 0 amide bonds. The zero-order valence-electron chi connectivity index (χ0n) is 12.5. The van der Waals surface area contributed by atoms with Gasteiger partial charge < -0.3 is 0 Å². The molecule has 0 fully saturated rings. The maximum absolute atomic E-state index is 3.34. The molecule has 108 valence electrons. The van der Waals surface area contributed by atoms with Crippen molar-refractivity contribution in [1.29, 1.82) is 0 Å². The van der Waals surface area contributed by atoms with Crippen LogP contribution in [0.15, 0.2) is 84.2 Å². The third kappa shape index (κ3) is 2.77. The van der Waals surface area contributed by atoms with Gasteiger partial charge in [-0.1, -0.05) is 66.4 Å². The molecule has 0 unspecified atom stereocenters. The highest BCUT2D eigenvalue weighted by Crippen LogP contribution is 2.35. The van der Waals surface area contributed by atoms with Gasteiger partial charge in [0.1, 0.15) is 0 Å². The number of benzene rings is 3. The van der Waals surface area contributed by atoms with E-state index in [2.05, 4.69) is 59.7 Å². The van der Waals surface area contributed by atoms with Crippen LogP contribution in [0.3, 0.4) is 0 Å². The van der Waals surface area contributed by atoms with Gasteiger partial charge in [0.25, 0.3) is 0 Å². The van der Waals surface area contributed by atoms with Crippen LogP contribution in [0.4, 0.5) is 0 Å². The molecule has 0 aliphatic heterocycles. The van der Waals surface area contributed by atoms with Crippen molar-refractivity contribution < 1.29 is 0 Å². The van der Waals surface area contributed by atoms with Gasteiger partial charge in [-0.05, 0) is 35.2 Å². The third-order valence-corrected chi connectivity index (χ3v) is 4.78. The first-order valence-electron chi connectivity index (χ1n) is 7.54. The molecule has 4 rings (SSSR count). The number of rotatable bonds is 1. The number of fused-ring (bicyclic) bond motifs is 1. The smallest absolute Gasteiger partial charge is 0.0349 e. The Morgan fingerprint density at radius 1 is 0.609 bits per heavy atom. The van der Waals surface area contributed by atoms with Crippen molar-refractivity contribution in [3.63, 3.8) is 0 Å². The van der Waals surface area contributed by atoms with E-state index in [0.29, 0.717) is 0 Å². The van der Waals surface area contributed by atoms with Crippen LogP contribution in [-0.4, -0.2) is 0 Å². The molecule has 0 spiro atoms. The average molecular weight is 310 g/mol. The lowest BCUT2D eigenvalue weighted by molar-refractivity contribution is 1.61. The van der Waals surface area contributed by atoms with Crippen molar-refractivity contribution in [3.8, 4) is 23.0 Å². The predicted molar refractivity (Wildman–Crippen MR) is 99.7 cm³/mol. The van der Waals surface area contributed by atoms with Crippen molar-refractivity contribution in [2.45, 2.75) is 0 Å². The van der Waals surface area contributed by atoms with Gasteiger partial charge in [-0.3, -0.25) is 0 Å².